The monoisotopic (exact) mass is 273 g/mol. The summed E-state index contributed by atoms with van der Waals surface area (Å²) in [6, 6.07) is 8.85. The summed E-state index contributed by atoms with van der Waals surface area (Å²) in [6.07, 6.45) is -0.508. The van der Waals surface area contributed by atoms with Crippen LogP contribution in [-0.2, 0) is 4.79 Å². The van der Waals surface area contributed by atoms with Gasteiger partial charge in [0.2, 0.25) is 0 Å². The molecule has 0 aromatic heterocycles. The Morgan fingerprint density at radius 2 is 1.85 bits per heavy atom. The first-order valence-electron chi connectivity index (χ1n) is 6.74. The zero-order valence-corrected chi connectivity index (χ0v) is 11.9. The second-order valence-electron chi connectivity index (χ2n) is 5.02. The van der Waals surface area contributed by atoms with Gasteiger partial charge in [-0.15, -0.1) is 0 Å². The third kappa shape index (κ3) is 3.49. The van der Waals surface area contributed by atoms with E-state index in [0.29, 0.717) is 11.3 Å². The molecule has 0 radical (unpaired) electrons. The van der Waals surface area contributed by atoms with Crippen LogP contribution in [-0.4, -0.2) is 55.0 Å². The quantitative estimate of drug-likeness (QED) is 0.827. The SMILES string of the molecule is C[C@H](Oc1ccc(C#N)cc1)C(=O)N1CCN(C)CC1. The number of hydrogen-bond donors (Lipinski definition) is 0. The highest BCUT2D eigenvalue weighted by molar-refractivity contribution is 5.81. The van der Waals surface area contributed by atoms with Crippen LogP contribution in [0.3, 0.4) is 0 Å². The molecule has 1 aromatic rings. The summed E-state index contributed by atoms with van der Waals surface area (Å²) in [5.74, 6) is 0.626. The number of rotatable bonds is 3. The summed E-state index contributed by atoms with van der Waals surface area (Å²) in [5.41, 5.74) is 0.579. The highest BCUT2D eigenvalue weighted by Crippen LogP contribution is 2.14. The fourth-order valence-electron chi connectivity index (χ4n) is 2.15. The van der Waals surface area contributed by atoms with Crippen molar-refractivity contribution in [3.8, 4) is 11.8 Å². The molecule has 2 rings (SSSR count). The largest absolute Gasteiger partial charge is 0.481 e. The fourth-order valence-corrected chi connectivity index (χ4v) is 2.15. The van der Waals surface area contributed by atoms with Crippen LogP contribution in [0.2, 0.25) is 0 Å². The van der Waals surface area contributed by atoms with Gasteiger partial charge in [0.15, 0.2) is 6.10 Å². The topological polar surface area (TPSA) is 56.6 Å². The molecule has 5 heteroatoms. The third-order valence-corrected chi connectivity index (χ3v) is 3.46. The number of nitrogens with zero attached hydrogens (tertiary/aromatic N) is 3. The van der Waals surface area contributed by atoms with Crippen molar-refractivity contribution in [2.45, 2.75) is 13.0 Å². The van der Waals surface area contributed by atoms with Crippen LogP contribution in [0.5, 0.6) is 5.75 Å². The molecule has 5 nitrogen and oxygen atoms in total. The second kappa shape index (κ2) is 6.40. The van der Waals surface area contributed by atoms with Crippen molar-refractivity contribution < 1.29 is 9.53 Å². The van der Waals surface area contributed by atoms with E-state index in [1.807, 2.05) is 4.90 Å². The first-order chi connectivity index (χ1) is 9.60. The van der Waals surface area contributed by atoms with Gasteiger partial charge < -0.3 is 14.5 Å². The number of carbonyl (C=O) groups is 1. The number of carbonyl (C=O) groups excluding carboxylic acids is 1. The zero-order chi connectivity index (χ0) is 14.5. The summed E-state index contributed by atoms with van der Waals surface area (Å²) in [4.78, 5) is 16.3. The van der Waals surface area contributed by atoms with Gasteiger partial charge in [-0.3, -0.25) is 4.79 Å². The van der Waals surface area contributed by atoms with Crippen molar-refractivity contribution in [3.05, 3.63) is 29.8 Å². The highest BCUT2D eigenvalue weighted by Gasteiger charge is 2.24. The molecule has 1 atom stereocenters. The zero-order valence-electron chi connectivity index (χ0n) is 11.9. The smallest absolute Gasteiger partial charge is 0.263 e. The Labute approximate surface area is 119 Å². The minimum absolute atomic E-state index is 0.0162. The highest BCUT2D eigenvalue weighted by atomic mass is 16.5. The molecule has 1 aromatic carbocycles. The second-order valence-corrected chi connectivity index (χ2v) is 5.02. The van der Waals surface area contributed by atoms with E-state index in [2.05, 4.69) is 18.0 Å². The molecule has 20 heavy (non-hydrogen) atoms. The van der Waals surface area contributed by atoms with Crippen molar-refractivity contribution in [1.29, 1.82) is 5.26 Å². The van der Waals surface area contributed by atoms with Gasteiger partial charge in [0.1, 0.15) is 5.75 Å². The van der Waals surface area contributed by atoms with Gasteiger partial charge in [-0.2, -0.15) is 5.26 Å². The summed E-state index contributed by atoms with van der Waals surface area (Å²) in [6.45, 7) is 5.05. The first kappa shape index (κ1) is 14.4. The van der Waals surface area contributed by atoms with Crippen LogP contribution in [0.4, 0.5) is 0 Å². The van der Waals surface area contributed by atoms with Crippen molar-refractivity contribution >= 4 is 5.91 Å². The van der Waals surface area contributed by atoms with Crippen molar-refractivity contribution in [3.63, 3.8) is 0 Å². The summed E-state index contributed by atoms with van der Waals surface area (Å²) < 4.78 is 5.64. The molecular weight excluding hydrogens is 254 g/mol. The summed E-state index contributed by atoms with van der Waals surface area (Å²) in [5, 5.41) is 8.73. The van der Waals surface area contributed by atoms with Gasteiger partial charge in [-0.25, -0.2) is 0 Å². The number of ether oxygens (including phenoxy) is 1. The molecule has 0 unspecified atom stereocenters. The number of benzene rings is 1. The van der Waals surface area contributed by atoms with Crippen molar-refractivity contribution in [2.75, 3.05) is 33.2 Å². The molecule has 0 spiro atoms. The molecule has 0 bridgehead atoms. The van der Waals surface area contributed by atoms with E-state index in [1.165, 1.54) is 0 Å². The van der Waals surface area contributed by atoms with E-state index in [-0.39, 0.29) is 5.91 Å². The molecule has 0 saturated carbocycles. The third-order valence-electron chi connectivity index (χ3n) is 3.46. The van der Waals surface area contributed by atoms with E-state index in [1.54, 1.807) is 31.2 Å². The maximum absolute atomic E-state index is 12.3. The van der Waals surface area contributed by atoms with Crippen LogP contribution >= 0.6 is 0 Å². The lowest BCUT2D eigenvalue weighted by Crippen LogP contribution is -2.50. The van der Waals surface area contributed by atoms with E-state index < -0.39 is 6.10 Å². The van der Waals surface area contributed by atoms with E-state index in [9.17, 15) is 4.79 Å². The molecule has 106 valence electrons. The van der Waals surface area contributed by atoms with Gasteiger partial charge in [0.25, 0.3) is 5.91 Å². The Morgan fingerprint density at radius 1 is 1.25 bits per heavy atom. The lowest BCUT2D eigenvalue weighted by atomic mass is 10.2. The molecule has 1 heterocycles. The first-order valence-corrected chi connectivity index (χ1v) is 6.74. The van der Waals surface area contributed by atoms with Crippen LogP contribution in [0.15, 0.2) is 24.3 Å². The molecule has 0 N–H and O–H groups in total. The molecule has 1 saturated heterocycles. The van der Waals surface area contributed by atoms with Gasteiger partial charge in [0, 0.05) is 26.2 Å². The van der Waals surface area contributed by atoms with Crippen molar-refractivity contribution in [2.24, 2.45) is 0 Å². The average Bonchev–Trinajstić information content (AvgIpc) is 2.48. The minimum Gasteiger partial charge on any atom is -0.481 e. The van der Waals surface area contributed by atoms with Gasteiger partial charge >= 0.3 is 0 Å². The Bertz CT molecular complexity index is 499. The van der Waals surface area contributed by atoms with E-state index in [4.69, 9.17) is 10.00 Å². The van der Waals surface area contributed by atoms with Gasteiger partial charge in [-0.05, 0) is 38.2 Å². The van der Waals surface area contributed by atoms with Crippen LogP contribution < -0.4 is 4.74 Å². The lowest BCUT2D eigenvalue weighted by molar-refractivity contribution is -0.139. The predicted molar refractivity (Wildman–Crippen MR) is 75.3 cm³/mol. The summed E-state index contributed by atoms with van der Waals surface area (Å²) >= 11 is 0. The lowest BCUT2D eigenvalue weighted by Gasteiger charge is -2.33. The molecular formula is C15H19N3O2. The Morgan fingerprint density at radius 3 is 2.40 bits per heavy atom. The van der Waals surface area contributed by atoms with Crippen LogP contribution in [0, 0.1) is 11.3 Å². The van der Waals surface area contributed by atoms with Gasteiger partial charge in [0.05, 0.1) is 11.6 Å². The van der Waals surface area contributed by atoms with E-state index >= 15 is 0 Å². The molecule has 1 amide bonds. The maximum Gasteiger partial charge on any atom is 0.263 e. The van der Waals surface area contributed by atoms with Crippen LogP contribution in [0.25, 0.3) is 0 Å². The predicted octanol–water partition coefficient (Wildman–Crippen LogP) is 1.10. The summed E-state index contributed by atoms with van der Waals surface area (Å²) in [7, 11) is 2.05. The number of hydrogen-bond acceptors (Lipinski definition) is 4. The maximum atomic E-state index is 12.3. The number of nitriles is 1. The Kier molecular flexibility index (Phi) is 4.59. The average molecular weight is 273 g/mol. The molecule has 1 fully saturated rings. The Balaban J connectivity index is 1.91. The fraction of sp³-hybridized carbons (Fsp3) is 0.467. The standard InChI is InChI=1S/C15H19N3O2/c1-12(15(19)18-9-7-17(2)8-10-18)20-14-5-3-13(11-16)4-6-14/h3-6,12H,7-10H2,1-2H3/t12-/m0/s1. The Hall–Kier alpha value is -2.06. The normalized spacial score (nSPS) is 17.4. The van der Waals surface area contributed by atoms with Gasteiger partial charge in [-0.1, -0.05) is 0 Å². The minimum atomic E-state index is -0.508. The molecule has 1 aliphatic rings. The number of likely N-dealkylation sites (N-methyl/N-ethyl adjacent to an activating group) is 1. The number of amides is 1. The number of piperazine rings is 1. The van der Waals surface area contributed by atoms with Crippen LogP contribution in [0.1, 0.15) is 12.5 Å². The molecule has 1 aliphatic heterocycles. The molecule has 0 aliphatic carbocycles. The van der Waals surface area contributed by atoms with Crippen molar-refractivity contribution in [1.82, 2.24) is 9.80 Å². The van der Waals surface area contributed by atoms with E-state index in [0.717, 1.165) is 26.2 Å².